The summed E-state index contributed by atoms with van der Waals surface area (Å²) < 4.78 is 0. The molecule has 0 fully saturated rings. The van der Waals surface area contributed by atoms with Crippen LogP contribution in [0.1, 0.15) is 103 Å². The third-order valence-electron chi connectivity index (χ3n) is 3.76. The van der Waals surface area contributed by atoms with E-state index in [1.54, 1.807) is 0 Å². The van der Waals surface area contributed by atoms with Crippen molar-refractivity contribution in [1.29, 1.82) is 0 Å². The van der Waals surface area contributed by atoms with Gasteiger partial charge in [0.15, 0.2) is 0 Å². The van der Waals surface area contributed by atoms with Crippen LogP contribution in [-0.2, 0) is 0 Å². The van der Waals surface area contributed by atoms with E-state index in [9.17, 15) is 0 Å². The van der Waals surface area contributed by atoms with E-state index < -0.39 is 0 Å². The highest BCUT2D eigenvalue weighted by Crippen LogP contribution is 2.13. The Labute approximate surface area is 126 Å². The van der Waals surface area contributed by atoms with Crippen LogP contribution in [0.15, 0.2) is 0 Å². The summed E-state index contributed by atoms with van der Waals surface area (Å²) in [7, 11) is 0. The van der Waals surface area contributed by atoms with E-state index >= 15 is 0 Å². The van der Waals surface area contributed by atoms with E-state index in [1.165, 1.54) is 83.5 Å². The summed E-state index contributed by atoms with van der Waals surface area (Å²) >= 11 is 4.76. The molecule has 19 heavy (non-hydrogen) atoms. The molecule has 1 radical (unpaired) electrons. The molecule has 0 atom stereocenters. The molecule has 0 bridgehead atoms. The van der Waals surface area contributed by atoms with Crippen molar-refractivity contribution in [3.8, 4) is 0 Å². The molecule has 1 nitrogen and oxygen atoms in total. The van der Waals surface area contributed by atoms with E-state index in [2.05, 4.69) is 6.92 Å². The van der Waals surface area contributed by atoms with Gasteiger partial charge in [-0.2, -0.15) is 0 Å². The van der Waals surface area contributed by atoms with E-state index in [0.717, 1.165) is 12.8 Å². The zero-order valence-electron chi connectivity index (χ0n) is 13.0. The zero-order chi connectivity index (χ0) is 14.2. The minimum absolute atomic E-state index is 0.430. The Morgan fingerprint density at radius 3 is 1.26 bits per heavy atom. The molecular formula is C17H34NS. The van der Waals surface area contributed by atoms with E-state index in [0.29, 0.717) is 4.99 Å². The maximum absolute atomic E-state index is 7.17. The lowest BCUT2D eigenvalue weighted by Crippen LogP contribution is -1.93. The lowest BCUT2D eigenvalue weighted by Gasteiger charge is -2.03. The van der Waals surface area contributed by atoms with Gasteiger partial charge in [0.1, 0.15) is 0 Å². The van der Waals surface area contributed by atoms with Crippen LogP contribution >= 0.6 is 12.2 Å². The normalized spacial score (nSPS) is 10.8. The molecular weight excluding hydrogens is 250 g/mol. The Morgan fingerprint density at radius 2 is 0.947 bits per heavy atom. The molecule has 113 valence electrons. The van der Waals surface area contributed by atoms with Gasteiger partial charge in [-0.3, -0.25) is 5.73 Å². The minimum atomic E-state index is 0.430. The van der Waals surface area contributed by atoms with Crippen molar-refractivity contribution >= 4 is 17.2 Å². The number of unbranched alkanes of at least 4 members (excludes halogenated alkanes) is 13. The van der Waals surface area contributed by atoms with Crippen LogP contribution in [0.3, 0.4) is 0 Å². The van der Waals surface area contributed by atoms with Crippen molar-refractivity contribution in [1.82, 2.24) is 5.73 Å². The molecule has 0 heterocycles. The number of rotatable bonds is 15. The summed E-state index contributed by atoms with van der Waals surface area (Å²) in [4.78, 5) is 0.430. The van der Waals surface area contributed by atoms with Gasteiger partial charge >= 0.3 is 0 Å². The first-order chi connectivity index (χ1) is 9.27. The molecule has 0 aliphatic heterocycles. The topological polar surface area (TPSA) is 23.8 Å². The van der Waals surface area contributed by atoms with Crippen molar-refractivity contribution in [3.63, 3.8) is 0 Å². The average Bonchev–Trinajstić information content (AvgIpc) is 2.39. The minimum Gasteiger partial charge on any atom is -0.294 e. The van der Waals surface area contributed by atoms with Gasteiger partial charge in [-0.25, -0.2) is 0 Å². The molecule has 0 aliphatic carbocycles. The average molecular weight is 285 g/mol. The Bertz CT molecular complexity index is 192. The van der Waals surface area contributed by atoms with E-state index in [-0.39, 0.29) is 0 Å². The van der Waals surface area contributed by atoms with Crippen LogP contribution < -0.4 is 5.73 Å². The first-order valence-corrected chi connectivity index (χ1v) is 8.92. The fraction of sp³-hybridized carbons (Fsp3) is 0.941. The summed E-state index contributed by atoms with van der Waals surface area (Å²) in [5.41, 5.74) is 7.17. The molecule has 0 aromatic heterocycles. The predicted molar refractivity (Wildman–Crippen MR) is 90.6 cm³/mol. The molecule has 0 saturated heterocycles. The second-order valence-electron chi connectivity index (χ2n) is 5.77. The van der Waals surface area contributed by atoms with Crippen LogP contribution in [0.5, 0.6) is 0 Å². The molecule has 2 heteroatoms. The number of thiocarbonyl (C=S) groups is 1. The molecule has 0 spiro atoms. The predicted octanol–water partition coefficient (Wildman–Crippen LogP) is 6.47. The fourth-order valence-corrected chi connectivity index (χ4v) is 2.62. The Kier molecular flexibility index (Phi) is 15.9. The van der Waals surface area contributed by atoms with E-state index in [4.69, 9.17) is 18.0 Å². The monoisotopic (exact) mass is 284 g/mol. The largest absolute Gasteiger partial charge is 0.294 e. The zero-order valence-corrected chi connectivity index (χ0v) is 13.8. The maximum Gasteiger partial charge on any atom is 0.0939 e. The van der Waals surface area contributed by atoms with E-state index in [1.807, 2.05) is 0 Å². The quantitative estimate of drug-likeness (QED) is 0.250. The smallest absolute Gasteiger partial charge is 0.0939 e. The van der Waals surface area contributed by atoms with Gasteiger partial charge in [0.2, 0.25) is 0 Å². The summed E-state index contributed by atoms with van der Waals surface area (Å²) in [6, 6.07) is 0. The SMILES string of the molecule is CCCCCCCCCCCCCCCCC([NH])=S. The van der Waals surface area contributed by atoms with Crippen molar-refractivity contribution in [2.24, 2.45) is 0 Å². The summed E-state index contributed by atoms with van der Waals surface area (Å²) in [6.07, 6.45) is 20.2. The highest BCUT2D eigenvalue weighted by molar-refractivity contribution is 7.80. The van der Waals surface area contributed by atoms with Gasteiger partial charge in [-0.15, -0.1) is 0 Å². The van der Waals surface area contributed by atoms with Crippen molar-refractivity contribution in [2.45, 2.75) is 103 Å². The highest BCUT2D eigenvalue weighted by atomic mass is 32.1. The molecule has 0 rings (SSSR count). The molecule has 1 N–H and O–H groups in total. The molecule has 0 aromatic carbocycles. The third-order valence-corrected chi connectivity index (χ3v) is 3.96. The van der Waals surface area contributed by atoms with Crippen molar-refractivity contribution in [3.05, 3.63) is 0 Å². The Hall–Kier alpha value is -0.110. The van der Waals surface area contributed by atoms with Gasteiger partial charge in [0.25, 0.3) is 0 Å². The second-order valence-corrected chi connectivity index (χ2v) is 6.26. The van der Waals surface area contributed by atoms with Crippen LogP contribution in [0.25, 0.3) is 0 Å². The highest BCUT2D eigenvalue weighted by Gasteiger charge is 1.94. The summed E-state index contributed by atoms with van der Waals surface area (Å²) in [6.45, 7) is 2.28. The molecule has 0 amide bonds. The summed E-state index contributed by atoms with van der Waals surface area (Å²) in [5.74, 6) is 0. The van der Waals surface area contributed by atoms with Crippen LogP contribution in [-0.4, -0.2) is 4.99 Å². The van der Waals surface area contributed by atoms with Crippen molar-refractivity contribution < 1.29 is 0 Å². The number of hydrogen-bond acceptors (Lipinski definition) is 1. The van der Waals surface area contributed by atoms with Crippen molar-refractivity contribution in [2.75, 3.05) is 0 Å². The molecule has 0 unspecified atom stereocenters. The third kappa shape index (κ3) is 17.9. The number of hydrogen-bond donors (Lipinski definition) is 0. The van der Waals surface area contributed by atoms with Crippen LogP contribution in [0, 0.1) is 0 Å². The molecule has 0 saturated carbocycles. The fourth-order valence-electron chi connectivity index (χ4n) is 2.48. The van der Waals surface area contributed by atoms with Crippen LogP contribution in [0.2, 0.25) is 0 Å². The van der Waals surface area contributed by atoms with Gasteiger partial charge in [-0.1, -0.05) is 103 Å². The lowest BCUT2D eigenvalue weighted by atomic mass is 10.0. The molecule has 0 aliphatic rings. The standard InChI is InChI=1S/C17H34NS/c1-2-3-4-5-6-7-8-9-10-11-12-13-14-15-16-17(18)19/h18H,2-16H2,1H3. The number of nitrogens with one attached hydrogen (secondary N) is 1. The van der Waals surface area contributed by atoms with Gasteiger partial charge in [0.05, 0.1) is 4.99 Å². The second kappa shape index (κ2) is 15.9. The van der Waals surface area contributed by atoms with Gasteiger partial charge in [0, 0.05) is 0 Å². The van der Waals surface area contributed by atoms with Gasteiger partial charge in [-0.05, 0) is 12.8 Å². The first kappa shape index (κ1) is 18.9. The van der Waals surface area contributed by atoms with Crippen LogP contribution in [0.4, 0.5) is 0 Å². The Morgan fingerprint density at radius 1 is 0.632 bits per heavy atom. The Balaban J connectivity index is 2.93. The lowest BCUT2D eigenvalue weighted by molar-refractivity contribution is 0.537. The van der Waals surface area contributed by atoms with Gasteiger partial charge < -0.3 is 0 Å². The first-order valence-electron chi connectivity index (χ1n) is 8.51. The summed E-state index contributed by atoms with van der Waals surface area (Å²) in [5, 5.41) is 0. The molecule has 0 aromatic rings. The maximum atomic E-state index is 7.17.